The van der Waals surface area contributed by atoms with Crippen molar-refractivity contribution in [2.45, 2.75) is 11.8 Å². The molecule has 1 aliphatic rings. The molecule has 1 aromatic heterocycles. The maximum absolute atomic E-state index is 13.2. The molecule has 1 unspecified atom stereocenters. The first-order valence-corrected chi connectivity index (χ1v) is 13.1. The number of H-pyrrole nitrogens is 1. The van der Waals surface area contributed by atoms with Gasteiger partial charge in [-0.25, -0.2) is 4.21 Å². The van der Waals surface area contributed by atoms with Crippen molar-refractivity contribution in [3.05, 3.63) is 95.7 Å². The summed E-state index contributed by atoms with van der Waals surface area (Å²) in [7, 11) is -1.50. The highest BCUT2D eigenvalue weighted by atomic mass is 32.2. The monoisotopic (exact) mass is 514 g/mol. The summed E-state index contributed by atoms with van der Waals surface area (Å²) in [6.07, 6.45) is 1.51. The number of aryl methyl sites for hydroxylation is 1. The molecule has 1 aliphatic heterocycles. The Morgan fingerprint density at radius 2 is 1.51 bits per heavy atom. The number of fused-ring (bicyclic) bond motifs is 1. The van der Waals surface area contributed by atoms with Gasteiger partial charge in [0.05, 0.1) is 21.7 Å². The lowest BCUT2D eigenvalue weighted by Crippen LogP contribution is -2.52. The van der Waals surface area contributed by atoms with Crippen LogP contribution in [0.2, 0.25) is 0 Å². The van der Waals surface area contributed by atoms with Gasteiger partial charge in [0.25, 0.3) is 17.6 Å². The quantitative estimate of drug-likeness (QED) is 0.302. The van der Waals surface area contributed by atoms with E-state index in [1.54, 1.807) is 47.4 Å². The molecule has 3 aromatic carbocycles. The summed E-state index contributed by atoms with van der Waals surface area (Å²) < 4.78 is 15.8. The summed E-state index contributed by atoms with van der Waals surface area (Å²) in [4.78, 5) is 45.8. The average Bonchev–Trinajstić information content (AvgIpc) is 3.38. The number of aromatic nitrogens is 1. The van der Waals surface area contributed by atoms with Gasteiger partial charge in [0, 0.05) is 43.3 Å². The van der Waals surface area contributed by atoms with E-state index in [4.69, 9.17) is 0 Å². The first kappa shape index (κ1) is 24.5. The molecule has 1 atom stereocenters. The zero-order valence-electron chi connectivity index (χ0n) is 20.3. The smallest absolute Gasteiger partial charge is 0.295 e. The molecule has 1 fully saturated rings. The minimum Gasteiger partial charge on any atom is -0.359 e. The van der Waals surface area contributed by atoms with Crippen LogP contribution < -0.4 is 4.72 Å². The van der Waals surface area contributed by atoms with E-state index in [2.05, 4.69) is 9.71 Å². The predicted molar refractivity (Wildman–Crippen MR) is 143 cm³/mol. The van der Waals surface area contributed by atoms with E-state index in [9.17, 15) is 18.6 Å². The topological polar surface area (TPSA) is 103 Å². The van der Waals surface area contributed by atoms with Crippen molar-refractivity contribution in [2.75, 3.05) is 30.9 Å². The maximum atomic E-state index is 13.2. The van der Waals surface area contributed by atoms with Gasteiger partial charge in [0.2, 0.25) is 0 Å². The second-order valence-electron chi connectivity index (χ2n) is 8.89. The fourth-order valence-electron chi connectivity index (χ4n) is 4.38. The average molecular weight is 515 g/mol. The number of rotatable bonds is 6. The van der Waals surface area contributed by atoms with Gasteiger partial charge in [0.15, 0.2) is 0 Å². The highest BCUT2D eigenvalue weighted by Gasteiger charge is 2.30. The second kappa shape index (κ2) is 10.4. The van der Waals surface area contributed by atoms with E-state index in [0.29, 0.717) is 40.1 Å². The molecule has 0 aliphatic carbocycles. The van der Waals surface area contributed by atoms with Crippen LogP contribution in [0.15, 0.2) is 83.9 Å². The Morgan fingerprint density at radius 3 is 2.22 bits per heavy atom. The highest BCUT2D eigenvalue weighted by molar-refractivity contribution is 7.86. The van der Waals surface area contributed by atoms with Gasteiger partial charge in [-0.3, -0.25) is 19.1 Å². The number of nitrogens with one attached hydrogen (secondary N) is 2. The Kier molecular flexibility index (Phi) is 6.87. The number of benzene rings is 3. The normalized spacial score (nSPS) is 14.4. The van der Waals surface area contributed by atoms with Crippen molar-refractivity contribution >= 4 is 45.2 Å². The zero-order valence-corrected chi connectivity index (χ0v) is 21.1. The first-order chi connectivity index (χ1) is 17.9. The summed E-state index contributed by atoms with van der Waals surface area (Å²) in [5.74, 6) is -1.31. The molecule has 37 heavy (non-hydrogen) atoms. The van der Waals surface area contributed by atoms with E-state index < -0.39 is 22.7 Å². The number of anilines is 1. The van der Waals surface area contributed by atoms with Crippen LogP contribution in [0.1, 0.15) is 26.3 Å². The summed E-state index contributed by atoms with van der Waals surface area (Å²) in [5.41, 5.74) is 3.09. The number of amides is 2. The molecular formula is C28H26N4O4S. The number of hydrogen-bond donors (Lipinski definition) is 2. The molecule has 0 bridgehead atoms. The molecule has 5 rings (SSSR count). The summed E-state index contributed by atoms with van der Waals surface area (Å²) in [5, 5.41) is 0.571. The molecule has 8 nitrogen and oxygen atoms in total. The second-order valence-corrected chi connectivity index (χ2v) is 10.1. The van der Waals surface area contributed by atoms with Gasteiger partial charge >= 0.3 is 0 Å². The molecule has 188 valence electrons. The van der Waals surface area contributed by atoms with Crippen molar-refractivity contribution in [1.29, 1.82) is 0 Å². The van der Waals surface area contributed by atoms with Gasteiger partial charge in [-0.2, -0.15) is 0 Å². The Hall–Kier alpha value is -4.24. The van der Waals surface area contributed by atoms with Crippen LogP contribution in [0.3, 0.4) is 0 Å². The molecule has 2 heterocycles. The fraction of sp³-hybridized carbons (Fsp3) is 0.179. The summed E-state index contributed by atoms with van der Waals surface area (Å²) in [6.45, 7) is 3.25. The predicted octanol–water partition coefficient (Wildman–Crippen LogP) is 3.78. The van der Waals surface area contributed by atoms with Crippen molar-refractivity contribution < 1.29 is 18.6 Å². The van der Waals surface area contributed by atoms with Crippen LogP contribution in [-0.4, -0.2) is 62.8 Å². The van der Waals surface area contributed by atoms with Crippen LogP contribution in [-0.2, 0) is 15.8 Å². The van der Waals surface area contributed by atoms with Gasteiger partial charge in [-0.05, 0) is 37.3 Å². The van der Waals surface area contributed by atoms with E-state index in [1.807, 2.05) is 37.3 Å². The van der Waals surface area contributed by atoms with E-state index >= 15 is 0 Å². The molecule has 2 amide bonds. The number of hydrogen-bond acceptors (Lipinski definition) is 4. The van der Waals surface area contributed by atoms with E-state index in [0.717, 1.165) is 5.56 Å². The number of nitrogens with zero attached hydrogens (tertiary/aromatic N) is 2. The number of Topliss-reactive ketones (excluding diaryl/α,β-unsaturated/α-hetero) is 1. The van der Waals surface area contributed by atoms with E-state index in [1.165, 1.54) is 11.1 Å². The number of carbonyl (C=O) groups excluding carboxylic acids is 3. The van der Waals surface area contributed by atoms with Crippen LogP contribution in [0, 0.1) is 6.92 Å². The third-order valence-electron chi connectivity index (χ3n) is 6.47. The third kappa shape index (κ3) is 5.03. The Labute approximate surface area is 216 Å². The SMILES string of the molecule is Cc1ccc(S(=O)Nc2cccc3c(C(=O)C(=O)N4CCN(C(=O)c5ccccc5)CC4)c[nH]c23)cc1. The van der Waals surface area contributed by atoms with Crippen LogP contribution in [0.25, 0.3) is 10.9 Å². The Morgan fingerprint density at radius 1 is 0.838 bits per heavy atom. The molecular weight excluding hydrogens is 488 g/mol. The summed E-state index contributed by atoms with van der Waals surface area (Å²) in [6, 6.07) is 21.7. The largest absolute Gasteiger partial charge is 0.359 e. The maximum Gasteiger partial charge on any atom is 0.295 e. The van der Waals surface area contributed by atoms with Gasteiger partial charge < -0.3 is 14.8 Å². The first-order valence-electron chi connectivity index (χ1n) is 12.0. The molecule has 2 N–H and O–H groups in total. The fourth-order valence-corrected chi connectivity index (χ4v) is 5.25. The molecule has 1 saturated heterocycles. The number of piperazine rings is 1. The van der Waals surface area contributed by atoms with Crippen LogP contribution in [0.5, 0.6) is 0 Å². The Bertz CT molecular complexity index is 1490. The zero-order chi connectivity index (χ0) is 25.9. The molecule has 0 radical (unpaired) electrons. The van der Waals surface area contributed by atoms with Gasteiger partial charge in [-0.1, -0.05) is 48.0 Å². The third-order valence-corrected chi connectivity index (χ3v) is 7.57. The van der Waals surface area contributed by atoms with Crippen molar-refractivity contribution in [3.63, 3.8) is 0 Å². The highest BCUT2D eigenvalue weighted by Crippen LogP contribution is 2.27. The molecule has 0 saturated carbocycles. The molecule has 4 aromatic rings. The number of carbonyl (C=O) groups is 3. The lowest BCUT2D eigenvalue weighted by atomic mass is 10.1. The van der Waals surface area contributed by atoms with Crippen molar-refractivity contribution in [3.8, 4) is 0 Å². The van der Waals surface area contributed by atoms with Crippen molar-refractivity contribution in [2.24, 2.45) is 0 Å². The van der Waals surface area contributed by atoms with Crippen molar-refractivity contribution in [1.82, 2.24) is 14.8 Å². The van der Waals surface area contributed by atoms with Crippen LogP contribution in [0.4, 0.5) is 5.69 Å². The standard InChI is InChI=1S/C28H26N4O4S/c1-19-10-12-21(13-11-19)37(36)30-24-9-5-8-22-23(18-29-25(22)24)26(33)28(35)32-16-14-31(15-17-32)27(34)20-6-3-2-4-7-20/h2-13,18,29-30H,14-17H2,1H3. The Balaban J connectivity index is 1.27. The lowest BCUT2D eigenvalue weighted by Gasteiger charge is -2.34. The number of ketones is 1. The van der Waals surface area contributed by atoms with Crippen LogP contribution >= 0.6 is 0 Å². The van der Waals surface area contributed by atoms with Gasteiger partial charge in [-0.15, -0.1) is 0 Å². The number of para-hydroxylation sites is 1. The van der Waals surface area contributed by atoms with Gasteiger partial charge in [0.1, 0.15) is 11.0 Å². The summed E-state index contributed by atoms with van der Waals surface area (Å²) >= 11 is 0. The molecule has 9 heteroatoms. The number of aromatic amines is 1. The minimum atomic E-state index is -1.50. The minimum absolute atomic E-state index is 0.0845. The van der Waals surface area contributed by atoms with E-state index in [-0.39, 0.29) is 24.6 Å². The molecule has 0 spiro atoms. The lowest BCUT2D eigenvalue weighted by molar-refractivity contribution is -0.127.